The molecule has 3 aliphatic rings. The molecule has 4 N–H and O–H groups in total. The number of hydrogen-bond donors (Lipinski definition) is 4. The second kappa shape index (κ2) is 16.6. The zero-order valence-corrected chi connectivity index (χ0v) is 30.6. The molecule has 3 aromatic carbocycles. The lowest BCUT2D eigenvalue weighted by Gasteiger charge is -2.31. The standard InChI is InChI=1S/C39H48N4O8S/c1-25(2)22-43(23-35(44)34(18-27-10-6-4-7-11-27)42-39(46)51-36-24-50-38-30(36)16-17-49-38)52(47,48)29-14-15-33-31(19-29)32(37(45)41-33)21-40-20-26(3)28-12-8-5-9-13-28/h4-15,19,21,25-26,30,34-36,38,40,44H,16-18,20,22-24H2,1-3H3,(H,41,45)(H,42,46)/b32-21-. The second-order valence-electron chi connectivity index (χ2n) is 14.1. The Morgan fingerprint density at radius 1 is 1.04 bits per heavy atom. The van der Waals surface area contributed by atoms with Crippen molar-refractivity contribution in [2.75, 3.05) is 38.2 Å². The van der Waals surface area contributed by atoms with Crippen LogP contribution in [0.2, 0.25) is 0 Å². The van der Waals surface area contributed by atoms with Crippen molar-refractivity contribution in [2.45, 2.75) is 69.0 Å². The van der Waals surface area contributed by atoms with Gasteiger partial charge in [-0.2, -0.15) is 4.31 Å². The van der Waals surface area contributed by atoms with E-state index in [1.54, 1.807) is 12.3 Å². The Balaban J connectivity index is 1.19. The first-order chi connectivity index (χ1) is 25.0. The Labute approximate surface area is 305 Å². The lowest BCUT2D eigenvalue weighted by atomic mass is 10.0. The monoisotopic (exact) mass is 732 g/mol. The van der Waals surface area contributed by atoms with Crippen LogP contribution in [-0.2, 0) is 35.4 Å². The number of aliphatic hydroxyl groups is 1. The molecule has 2 saturated heterocycles. The van der Waals surface area contributed by atoms with E-state index in [0.717, 1.165) is 17.5 Å². The molecule has 2 fully saturated rings. The lowest BCUT2D eigenvalue weighted by molar-refractivity contribution is -0.110. The topological polar surface area (TPSA) is 156 Å². The third-order valence-electron chi connectivity index (χ3n) is 9.72. The maximum Gasteiger partial charge on any atom is 0.407 e. The third kappa shape index (κ3) is 8.84. The van der Waals surface area contributed by atoms with Gasteiger partial charge in [0, 0.05) is 37.1 Å². The summed E-state index contributed by atoms with van der Waals surface area (Å²) in [5.74, 6) is -0.296. The largest absolute Gasteiger partial charge is 0.443 e. The molecule has 13 heteroatoms. The number of ether oxygens (including phenoxy) is 3. The number of carbonyl (C=O) groups is 2. The summed E-state index contributed by atoms with van der Waals surface area (Å²) < 4.78 is 46.8. The number of nitrogens with zero attached hydrogens (tertiary/aromatic N) is 1. The number of amides is 2. The van der Waals surface area contributed by atoms with Crippen molar-refractivity contribution in [3.05, 3.63) is 102 Å². The fourth-order valence-corrected chi connectivity index (χ4v) is 8.54. The molecule has 6 rings (SSSR count). The molecule has 278 valence electrons. The fraction of sp³-hybridized carbons (Fsp3) is 0.436. The van der Waals surface area contributed by atoms with Crippen LogP contribution in [0.5, 0.6) is 0 Å². The molecule has 12 nitrogen and oxygen atoms in total. The van der Waals surface area contributed by atoms with Gasteiger partial charge in [-0.05, 0) is 54.0 Å². The normalized spacial score (nSPS) is 22.2. The Morgan fingerprint density at radius 2 is 1.77 bits per heavy atom. The third-order valence-corrected chi connectivity index (χ3v) is 11.5. The van der Waals surface area contributed by atoms with Gasteiger partial charge in [0.1, 0.15) is 6.10 Å². The average Bonchev–Trinajstić information content (AvgIpc) is 3.83. The van der Waals surface area contributed by atoms with Crippen molar-refractivity contribution in [1.29, 1.82) is 0 Å². The van der Waals surface area contributed by atoms with Crippen molar-refractivity contribution < 1.29 is 37.3 Å². The molecule has 0 aromatic heterocycles. The van der Waals surface area contributed by atoms with Crippen molar-refractivity contribution in [1.82, 2.24) is 14.9 Å². The Morgan fingerprint density at radius 3 is 2.50 bits per heavy atom. The minimum absolute atomic E-state index is 0.0132. The molecular weight excluding hydrogens is 685 g/mol. The summed E-state index contributed by atoms with van der Waals surface area (Å²) in [4.78, 5) is 26.2. The van der Waals surface area contributed by atoms with Gasteiger partial charge in [-0.1, -0.05) is 81.4 Å². The number of benzene rings is 3. The van der Waals surface area contributed by atoms with E-state index >= 15 is 0 Å². The van der Waals surface area contributed by atoms with Gasteiger partial charge >= 0.3 is 6.09 Å². The van der Waals surface area contributed by atoms with Gasteiger partial charge in [0.15, 0.2) is 6.29 Å². The number of nitrogens with one attached hydrogen (secondary N) is 3. The molecule has 6 atom stereocenters. The van der Waals surface area contributed by atoms with Gasteiger partial charge in [0.2, 0.25) is 10.0 Å². The van der Waals surface area contributed by atoms with Crippen molar-refractivity contribution >= 4 is 33.3 Å². The number of anilines is 1. The quantitative estimate of drug-likeness (QED) is 0.166. The first-order valence-electron chi connectivity index (χ1n) is 17.9. The molecule has 0 spiro atoms. The van der Waals surface area contributed by atoms with Crippen LogP contribution >= 0.6 is 0 Å². The highest BCUT2D eigenvalue weighted by molar-refractivity contribution is 7.89. The van der Waals surface area contributed by atoms with Crippen LogP contribution < -0.4 is 16.0 Å². The van der Waals surface area contributed by atoms with Gasteiger partial charge in [-0.25, -0.2) is 13.2 Å². The van der Waals surface area contributed by atoms with Crippen molar-refractivity contribution in [3.63, 3.8) is 0 Å². The highest BCUT2D eigenvalue weighted by Gasteiger charge is 2.44. The molecule has 52 heavy (non-hydrogen) atoms. The maximum atomic E-state index is 14.3. The number of alkyl carbamates (subject to hydrolysis) is 1. The Hall–Kier alpha value is -4.27. The lowest BCUT2D eigenvalue weighted by Crippen LogP contribution is -2.51. The van der Waals surface area contributed by atoms with E-state index < -0.39 is 40.7 Å². The summed E-state index contributed by atoms with van der Waals surface area (Å²) >= 11 is 0. The van der Waals surface area contributed by atoms with Gasteiger partial charge in [0.05, 0.1) is 41.7 Å². The van der Waals surface area contributed by atoms with Crippen LogP contribution in [0.25, 0.3) is 5.57 Å². The number of carbonyl (C=O) groups excluding carboxylic acids is 2. The Bertz CT molecular complexity index is 1840. The minimum Gasteiger partial charge on any atom is -0.443 e. The van der Waals surface area contributed by atoms with Gasteiger partial charge in [-0.15, -0.1) is 0 Å². The minimum atomic E-state index is -4.17. The summed E-state index contributed by atoms with van der Waals surface area (Å²) in [6.45, 7) is 7.01. The number of aliphatic hydroxyl groups excluding tert-OH is 1. The maximum absolute atomic E-state index is 14.3. The highest BCUT2D eigenvalue weighted by Crippen LogP contribution is 2.35. The number of rotatable bonds is 15. The summed E-state index contributed by atoms with van der Waals surface area (Å²) in [6.07, 6.45) is -0.313. The molecular formula is C39H48N4O8S. The van der Waals surface area contributed by atoms with E-state index in [9.17, 15) is 23.1 Å². The van der Waals surface area contributed by atoms with Crippen LogP contribution in [0.15, 0.2) is 90.0 Å². The Kier molecular flexibility index (Phi) is 12.0. The molecule has 3 heterocycles. The zero-order chi connectivity index (χ0) is 36.8. The van der Waals surface area contributed by atoms with Gasteiger partial charge < -0.3 is 35.3 Å². The van der Waals surface area contributed by atoms with E-state index in [1.807, 2.05) is 74.5 Å². The summed E-state index contributed by atoms with van der Waals surface area (Å²) in [5.41, 5.74) is 3.31. The zero-order valence-electron chi connectivity index (χ0n) is 29.7. The SMILES string of the molecule is CC(C)CN(CC(O)C(Cc1ccccc1)NC(=O)OC1COC2OCCC12)S(=O)(=O)c1ccc2c(c1)/C(=C/NCC(C)c1ccccc1)C(=O)N2. The number of fused-ring (bicyclic) bond motifs is 2. The average molecular weight is 733 g/mol. The summed E-state index contributed by atoms with van der Waals surface area (Å²) in [5, 5.41) is 20.6. The highest BCUT2D eigenvalue weighted by atomic mass is 32.2. The summed E-state index contributed by atoms with van der Waals surface area (Å²) in [7, 11) is -4.17. The number of hydrogen-bond acceptors (Lipinski definition) is 9. The first-order valence-corrected chi connectivity index (χ1v) is 19.3. The predicted molar refractivity (Wildman–Crippen MR) is 197 cm³/mol. The number of sulfonamides is 1. The van der Waals surface area contributed by atoms with E-state index in [4.69, 9.17) is 14.2 Å². The van der Waals surface area contributed by atoms with Crippen LogP contribution in [-0.4, -0.2) is 87.2 Å². The van der Waals surface area contributed by atoms with Crippen LogP contribution in [0, 0.1) is 11.8 Å². The van der Waals surface area contributed by atoms with Crippen molar-refractivity contribution in [3.8, 4) is 0 Å². The van der Waals surface area contributed by atoms with Crippen LogP contribution in [0.4, 0.5) is 10.5 Å². The van der Waals surface area contributed by atoms with Crippen LogP contribution in [0.3, 0.4) is 0 Å². The van der Waals surface area contributed by atoms with Crippen LogP contribution in [0.1, 0.15) is 49.8 Å². The summed E-state index contributed by atoms with van der Waals surface area (Å²) in [6, 6.07) is 23.0. The molecule has 3 aromatic rings. The smallest absolute Gasteiger partial charge is 0.407 e. The predicted octanol–water partition coefficient (Wildman–Crippen LogP) is 4.48. The van der Waals surface area contributed by atoms with E-state index in [2.05, 4.69) is 22.9 Å². The van der Waals surface area contributed by atoms with Crippen molar-refractivity contribution in [2.24, 2.45) is 11.8 Å². The molecule has 0 bridgehead atoms. The molecule has 0 saturated carbocycles. The molecule has 0 radical (unpaired) electrons. The second-order valence-corrected chi connectivity index (χ2v) is 16.1. The first kappa shape index (κ1) is 37.5. The van der Waals surface area contributed by atoms with Gasteiger partial charge in [0.25, 0.3) is 5.91 Å². The molecule has 0 aliphatic carbocycles. The fourth-order valence-electron chi connectivity index (χ4n) is 6.89. The molecule has 6 unspecified atom stereocenters. The van der Waals surface area contributed by atoms with Gasteiger partial charge in [-0.3, -0.25) is 4.79 Å². The molecule has 3 aliphatic heterocycles. The van der Waals surface area contributed by atoms with E-state index in [-0.39, 0.29) is 54.7 Å². The molecule has 2 amide bonds. The van der Waals surface area contributed by atoms with E-state index in [0.29, 0.717) is 30.0 Å². The van der Waals surface area contributed by atoms with E-state index in [1.165, 1.54) is 16.4 Å².